The maximum atomic E-state index is 12.9. The van der Waals surface area contributed by atoms with E-state index < -0.39 is 17.7 Å². The number of benzene rings is 1. The lowest BCUT2D eigenvalue weighted by Crippen LogP contribution is -2.30. The normalized spacial score (nSPS) is 19.5. The molecule has 1 fully saturated rings. The van der Waals surface area contributed by atoms with Gasteiger partial charge in [-0.3, -0.25) is 9.59 Å². The van der Waals surface area contributed by atoms with E-state index in [1.54, 1.807) is 12.1 Å². The van der Waals surface area contributed by atoms with Crippen molar-refractivity contribution in [3.05, 3.63) is 64.6 Å². The maximum absolute atomic E-state index is 12.9. The van der Waals surface area contributed by atoms with Gasteiger partial charge in [0.15, 0.2) is 0 Å². The molecule has 1 saturated heterocycles. The van der Waals surface area contributed by atoms with Gasteiger partial charge < -0.3 is 14.4 Å². The molecule has 2 heterocycles. The minimum Gasteiger partial charge on any atom is -0.507 e. The Labute approximate surface area is 165 Å². The van der Waals surface area contributed by atoms with Gasteiger partial charge in [0, 0.05) is 12.1 Å². The van der Waals surface area contributed by atoms with E-state index in [2.05, 4.69) is 20.8 Å². The van der Waals surface area contributed by atoms with Gasteiger partial charge in [-0.05, 0) is 48.1 Å². The van der Waals surface area contributed by atoms with E-state index in [0.29, 0.717) is 24.3 Å². The van der Waals surface area contributed by atoms with Gasteiger partial charge in [0.05, 0.1) is 11.8 Å². The van der Waals surface area contributed by atoms with Gasteiger partial charge >= 0.3 is 0 Å². The minimum absolute atomic E-state index is 0.0857. The third-order valence-corrected chi connectivity index (χ3v) is 5.18. The Morgan fingerprint density at radius 2 is 1.93 bits per heavy atom. The SMILES string of the molecule is CCCN1C(=O)C(=O)/C(=C(/O)c2cc(C(C)(C)C)ccc2C)C1c1ccco1. The summed E-state index contributed by atoms with van der Waals surface area (Å²) in [5.74, 6) is -0.955. The molecule has 1 atom stereocenters. The lowest BCUT2D eigenvalue weighted by atomic mass is 9.84. The summed E-state index contributed by atoms with van der Waals surface area (Å²) >= 11 is 0. The first-order valence-corrected chi connectivity index (χ1v) is 9.60. The molecule has 5 heteroatoms. The van der Waals surface area contributed by atoms with Crippen LogP contribution in [0.1, 0.15) is 62.6 Å². The van der Waals surface area contributed by atoms with Crippen LogP contribution in [0, 0.1) is 6.92 Å². The van der Waals surface area contributed by atoms with E-state index in [4.69, 9.17) is 4.42 Å². The van der Waals surface area contributed by atoms with Crippen molar-refractivity contribution in [3.8, 4) is 0 Å². The number of aliphatic hydroxyl groups excluding tert-OH is 1. The van der Waals surface area contributed by atoms with Gasteiger partial charge in [-0.2, -0.15) is 0 Å². The van der Waals surface area contributed by atoms with Crippen molar-refractivity contribution < 1.29 is 19.1 Å². The fourth-order valence-electron chi connectivity index (χ4n) is 3.58. The van der Waals surface area contributed by atoms with Gasteiger partial charge in [0.25, 0.3) is 11.7 Å². The van der Waals surface area contributed by atoms with Crippen LogP contribution in [-0.4, -0.2) is 28.2 Å². The second kappa shape index (κ2) is 7.30. The highest BCUT2D eigenvalue weighted by atomic mass is 16.3. The van der Waals surface area contributed by atoms with Crippen molar-refractivity contribution in [2.24, 2.45) is 0 Å². The first kappa shape index (κ1) is 19.9. The Kier molecular flexibility index (Phi) is 5.20. The molecular weight excluding hydrogens is 354 g/mol. The van der Waals surface area contributed by atoms with Gasteiger partial charge in [-0.25, -0.2) is 0 Å². The molecule has 1 aromatic carbocycles. The fourth-order valence-corrected chi connectivity index (χ4v) is 3.58. The van der Waals surface area contributed by atoms with Crippen molar-refractivity contribution in [1.82, 2.24) is 4.90 Å². The standard InChI is InChI=1S/C23H27NO4/c1-6-11-24-19(17-8-7-12-28-17)18(21(26)22(24)27)20(25)16-13-15(23(3,4)5)10-9-14(16)2/h7-10,12-13,19,25H,6,11H2,1-5H3/b20-18+. The number of Topliss-reactive ketones (excluding diaryl/α,β-unsaturated/α-hetero) is 1. The van der Waals surface area contributed by atoms with Crippen LogP contribution >= 0.6 is 0 Å². The number of furan rings is 1. The molecule has 28 heavy (non-hydrogen) atoms. The van der Waals surface area contributed by atoms with E-state index in [1.165, 1.54) is 11.2 Å². The summed E-state index contributed by atoms with van der Waals surface area (Å²) in [7, 11) is 0. The van der Waals surface area contributed by atoms with Crippen molar-refractivity contribution in [2.45, 2.75) is 52.5 Å². The Morgan fingerprint density at radius 1 is 1.21 bits per heavy atom. The molecule has 0 aliphatic carbocycles. The maximum Gasteiger partial charge on any atom is 0.295 e. The molecule has 1 aliphatic heterocycles. The van der Waals surface area contributed by atoms with Crippen LogP contribution in [0.3, 0.4) is 0 Å². The second-order valence-corrected chi connectivity index (χ2v) is 8.29. The topological polar surface area (TPSA) is 70.8 Å². The Balaban J connectivity index is 2.22. The number of nitrogens with zero attached hydrogens (tertiary/aromatic N) is 1. The number of ketones is 1. The van der Waals surface area contributed by atoms with Gasteiger partial charge in [0.1, 0.15) is 17.6 Å². The zero-order chi connectivity index (χ0) is 20.6. The highest BCUT2D eigenvalue weighted by molar-refractivity contribution is 6.46. The summed E-state index contributed by atoms with van der Waals surface area (Å²) < 4.78 is 5.52. The van der Waals surface area contributed by atoms with Crippen LogP contribution in [-0.2, 0) is 15.0 Å². The Bertz CT molecular complexity index is 932. The third kappa shape index (κ3) is 3.37. The van der Waals surface area contributed by atoms with Crippen LogP contribution in [0.2, 0.25) is 0 Å². The summed E-state index contributed by atoms with van der Waals surface area (Å²) in [6.45, 7) is 10.5. The lowest BCUT2D eigenvalue weighted by Gasteiger charge is -2.23. The predicted octanol–water partition coefficient (Wildman–Crippen LogP) is 4.72. The second-order valence-electron chi connectivity index (χ2n) is 8.29. The van der Waals surface area contributed by atoms with Crippen LogP contribution in [0.25, 0.3) is 5.76 Å². The Hall–Kier alpha value is -2.82. The first-order chi connectivity index (χ1) is 13.2. The smallest absolute Gasteiger partial charge is 0.295 e. The van der Waals surface area contributed by atoms with Crippen molar-refractivity contribution in [2.75, 3.05) is 6.54 Å². The van der Waals surface area contributed by atoms with Crippen molar-refractivity contribution >= 4 is 17.4 Å². The van der Waals surface area contributed by atoms with E-state index in [9.17, 15) is 14.7 Å². The number of carbonyl (C=O) groups is 2. The minimum atomic E-state index is -0.715. The monoisotopic (exact) mass is 381 g/mol. The number of likely N-dealkylation sites (tertiary alicyclic amines) is 1. The third-order valence-electron chi connectivity index (χ3n) is 5.18. The molecule has 148 valence electrons. The molecule has 2 aromatic rings. The molecule has 1 amide bonds. The van der Waals surface area contributed by atoms with E-state index in [-0.39, 0.29) is 16.7 Å². The molecule has 0 saturated carbocycles. The van der Waals surface area contributed by atoms with E-state index in [1.807, 2.05) is 32.0 Å². The number of hydrogen-bond donors (Lipinski definition) is 1. The largest absolute Gasteiger partial charge is 0.507 e. The lowest BCUT2D eigenvalue weighted by molar-refractivity contribution is -0.140. The highest BCUT2D eigenvalue weighted by Crippen LogP contribution is 2.40. The number of carbonyl (C=O) groups excluding carboxylic acids is 2. The van der Waals surface area contributed by atoms with Gasteiger partial charge in [-0.1, -0.05) is 39.8 Å². The molecule has 1 unspecified atom stereocenters. The molecule has 5 nitrogen and oxygen atoms in total. The average molecular weight is 381 g/mol. The van der Waals surface area contributed by atoms with Crippen LogP contribution in [0.15, 0.2) is 46.6 Å². The van der Waals surface area contributed by atoms with E-state index >= 15 is 0 Å². The molecule has 1 N–H and O–H groups in total. The summed E-state index contributed by atoms with van der Waals surface area (Å²) in [6, 6.07) is 8.58. The molecule has 0 bridgehead atoms. The first-order valence-electron chi connectivity index (χ1n) is 9.60. The number of hydrogen-bond acceptors (Lipinski definition) is 4. The summed E-state index contributed by atoms with van der Waals surface area (Å²) in [5, 5.41) is 11.2. The van der Waals surface area contributed by atoms with Crippen LogP contribution in [0.5, 0.6) is 0 Å². The fraction of sp³-hybridized carbons (Fsp3) is 0.391. The Morgan fingerprint density at radius 3 is 2.50 bits per heavy atom. The number of aryl methyl sites for hydroxylation is 1. The summed E-state index contributed by atoms with van der Waals surface area (Å²) in [4.78, 5) is 27.0. The molecule has 1 aromatic heterocycles. The van der Waals surface area contributed by atoms with Crippen LogP contribution < -0.4 is 0 Å². The zero-order valence-electron chi connectivity index (χ0n) is 17.1. The molecular formula is C23H27NO4. The zero-order valence-corrected chi connectivity index (χ0v) is 17.1. The number of aliphatic hydroxyl groups is 1. The number of rotatable bonds is 4. The van der Waals surface area contributed by atoms with Crippen molar-refractivity contribution in [1.29, 1.82) is 0 Å². The molecule has 0 spiro atoms. The summed E-state index contributed by atoms with van der Waals surface area (Å²) in [5.41, 5.74) is 2.42. The number of amides is 1. The molecule has 1 aliphatic rings. The van der Waals surface area contributed by atoms with Crippen LogP contribution in [0.4, 0.5) is 0 Å². The quantitative estimate of drug-likeness (QED) is 0.473. The molecule has 3 rings (SSSR count). The molecule has 0 radical (unpaired) electrons. The van der Waals surface area contributed by atoms with Gasteiger partial charge in [-0.15, -0.1) is 0 Å². The predicted molar refractivity (Wildman–Crippen MR) is 108 cm³/mol. The average Bonchev–Trinajstić information content (AvgIpc) is 3.23. The van der Waals surface area contributed by atoms with Gasteiger partial charge in [0.2, 0.25) is 0 Å². The van der Waals surface area contributed by atoms with E-state index in [0.717, 1.165) is 11.1 Å². The van der Waals surface area contributed by atoms with Crippen molar-refractivity contribution in [3.63, 3.8) is 0 Å². The summed E-state index contributed by atoms with van der Waals surface area (Å²) in [6.07, 6.45) is 2.20. The highest BCUT2D eigenvalue weighted by Gasteiger charge is 2.47.